The zero-order valence-corrected chi connectivity index (χ0v) is 10.1. The normalized spacial score (nSPS) is 10.9. The standard InChI is InChI=1S/C12H14N6/c1-17-8-10(6-16-17)2-4-18-5-3-14-12(18)11-7-13-9-15-11/h3,5-9H,2,4H2,1H3,(H,13,15). The van der Waals surface area contributed by atoms with Crippen molar-refractivity contribution < 1.29 is 0 Å². The van der Waals surface area contributed by atoms with Gasteiger partial charge in [-0.25, -0.2) is 9.97 Å². The molecule has 3 heterocycles. The topological polar surface area (TPSA) is 64.3 Å². The smallest absolute Gasteiger partial charge is 0.158 e. The van der Waals surface area contributed by atoms with Crippen LogP contribution in [0.1, 0.15) is 5.56 Å². The van der Waals surface area contributed by atoms with Gasteiger partial charge in [-0.1, -0.05) is 0 Å². The minimum atomic E-state index is 0.875. The molecule has 0 saturated carbocycles. The summed E-state index contributed by atoms with van der Waals surface area (Å²) in [6, 6.07) is 0. The van der Waals surface area contributed by atoms with Crippen LogP contribution < -0.4 is 0 Å². The van der Waals surface area contributed by atoms with E-state index >= 15 is 0 Å². The lowest BCUT2D eigenvalue weighted by atomic mass is 10.2. The van der Waals surface area contributed by atoms with Crippen LogP contribution >= 0.6 is 0 Å². The highest BCUT2D eigenvalue weighted by molar-refractivity contribution is 5.47. The van der Waals surface area contributed by atoms with E-state index in [-0.39, 0.29) is 0 Å². The maximum absolute atomic E-state index is 4.35. The van der Waals surface area contributed by atoms with Crippen molar-refractivity contribution in [2.75, 3.05) is 0 Å². The molecule has 0 aromatic carbocycles. The summed E-state index contributed by atoms with van der Waals surface area (Å²) in [5.74, 6) is 0.913. The number of nitrogens with one attached hydrogen (secondary N) is 1. The molecule has 0 radical (unpaired) electrons. The van der Waals surface area contributed by atoms with Gasteiger partial charge in [-0.15, -0.1) is 0 Å². The number of rotatable bonds is 4. The molecule has 3 rings (SSSR count). The van der Waals surface area contributed by atoms with E-state index < -0.39 is 0 Å². The average Bonchev–Trinajstić information content (AvgIpc) is 3.07. The maximum atomic E-state index is 4.35. The summed E-state index contributed by atoms with van der Waals surface area (Å²) in [4.78, 5) is 11.4. The molecule has 0 fully saturated rings. The van der Waals surface area contributed by atoms with E-state index in [0.717, 1.165) is 24.5 Å². The Hall–Kier alpha value is -2.37. The molecule has 0 unspecified atom stereocenters. The number of aromatic amines is 1. The molecular weight excluding hydrogens is 228 g/mol. The first-order valence-corrected chi connectivity index (χ1v) is 5.80. The molecule has 6 heteroatoms. The van der Waals surface area contributed by atoms with Gasteiger partial charge in [0.05, 0.1) is 18.7 Å². The van der Waals surface area contributed by atoms with Gasteiger partial charge in [0.1, 0.15) is 5.69 Å². The number of aryl methyl sites for hydroxylation is 3. The summed E-state index contributed by atoms with van der Waals surface area (Å²) in [6.07, 6.45) is 12.1. The average molecular weight is 242 g/mol. The predicted molar refractivity (Wildman–Crippen MR) is 66.7 cm³/mol. The Balaban J connectivity index is 1.76. The molecule has 0 saturated heterocycles. The van der Waals surface area contributed by atoms with Gasteiger partial charge in [0.15, 0.2) is 5.82 Å². The minimum Gasteiger partial charge on any atom is -0.342 e. The third-order valence-electron chi connectivity index (χ3n) is 2.85. The number of nitrogens with zero attached hydrogens (tertiary/aromatic N) is 5. The van der Waals surface area contributed by atoms with Crippen LogP contribution in [0.5, 0.6) is 0 Å². The molecule has 0 spiro atoms. The Morgan fingerprint density at radius 2 is 2.28 bits per heavy atom. The summed E-state index contributed by atoms with van der Waals surface area (Å²) >= 11 is 0. The van der Waals surface area contributed by atoms with Crippen molar-refractivity contribution >= 4 is 0 Å². The number of aromatic nitrogens is 6. The maximum Gasteiger partial charge on any atom is 0.158 e. The van der Waals surface area contributed by atoms with Crippen LogP contribution in [0.4, 0.5) is 0 Å². The number of hydrogen-bond donors (Lipinski definition) is 1. The van der Waals surface area contributed by atoms with E-state index in [0.29, 0.717) is 0 Å². The fraction of sp³-hybridized carbons (Fsp3) is 0.250. The van der Waals surface area contributed by atoms with Crippen LogP contribution in [0.15, 0.2) is 37.3 Å². The largest absolute Gasteiger partial charge is 0.342 e. The molecule has 3 aromatic heterocycles. The minimum absolute atomic E-state index is 0.875. The van der Waals surface area contributed by atoms with Crippen LogP contribution in [0, 0.1) is 0 Å². The van der Waals surface area contributed by atoms with Gasteiger partial charge in [0.25, 0.3) is 0 Å². The third-order valence-corrected chi connectivity index (χ3v) is 2.85. The fourth-order valence-corrected chi connectivity index (χ4v) is 1.96. The molecule has 0 aliphatic rings. The lowest BCUT2D eigenvalue weighted by Crippen LogP contribution is -2.02. The molecule has 0 bridgehead atoms. The van der Waals surface area contributed by atoms with Crippen LogP contribution in [-0.2, 0) is 20.0 Å². The van der Waals surface area contributed by atoms with Crippen LogP contribution in [0.3, 0.4) is 0 Å². The molecular formula is C12H14N6. The SMILES string of the molecule is Cn1cc(CCn2ccnc2-c2cnc[nH]2)cn1. The van der Waals surface area contributed by atoms with Gasteiger partial charge < -0.3 is 9.55 Å². The first-order chi connectivity index (χ1) is 8.83. The Bertz CT molecular complexity index is 619. The second-order valence-corrected chi connectivity index (χ2v) is 4.18. The number of hydrogen-bond acceptors (Lipinski definition) is 3. The Kier molecular flexibility index (Phi) is 2.68. The van der Waals surface area contributed by atoms with Gasteiger partial charge in [-0.2, -0.15) is 5.10 Å². The molecule has 0 aliphatic heterocycles. The summed E-state index contributed by atoms with van der Waals surface area (Å²) < 4.78 is 3.93. The van der Waals surface area contributed by atoms with Crippen molar-refractivity contribution in [1.29, 1.82) is 0 Å². The van der Waals surface area contributed by atoms with Gasteiger partial charge in [0, 0.05) is 32.2 Å². The predicted octanol–water partition coefficient (Wildman–Crippen LogP) is 1.25. The van der Waals surface area contributed by atoms with Crippen molar-refractivity contribution in [3.63, 3.8) is 0 Å². The molecule has 18 heavy (non-hydrogen) atoms. The van der Waals surface area contributed by atoms with Gasteiger partial charge >= 0.3 is 0 Å². The fourth-order valence-electron chi connectivity index (χ4n) is 1.96. The summed E-state index contributed by atoms with van der Waals surface area (Å²) in [5.41, 5.74) is 2.16. The summed E-state index contributed by atoms with van der Waals surface area (Å²) in [7, 11) is 1.93. The van der Waals surface area contributed by atoms with Crippen molar-refractivity contribution in [2.45, 2.75) is 13.0 Å². The molecule has 0 amide bonds. The van der Waals surface area contributed by atoms with Crippen LogP contribution in [-0.4, -0.2) is 29.3 Å². The van der Waals surface area contributed by atoms with Crippen molar-refractivity contribution in [3.8, 4) is 11.5 Å². The highest BCUT2D eigenvalue weighted by atomic mass is 15.2. The molecule has 0 aliphatic carbocycles. The second-order valence-electron chi connectivity index (χ2n) is 4.18. The molecule has 1 N–H and O–H groups in total. The van der Waals surface area contributed by atoms with Crippen LogP contribution in [0.2, 0.25) is 0 Å². The summed E-state index contributed by atoms with van der Waals surface area (Å²) in [6.45, 7) is 0.875. The van der Waals surface area contributed by atoms with Crippen molar-refractivity contribution in [2.24, 2.45) is 7.05 Å². The Morgan fingerprint density at radius 1 is 1.33 bits per heavy atom. The summed E-state index contributed by atoms with van der Waals surface area (Å²) in [5, 5.41) is 4.16. The number of H-pyrrole nitrogens is 1. The molecule has 6 nitrogen and oxygen atoms in total. The van der Waals surface area contributed by atoms with E-state index in [4.69, 9.17) is 0 Å². The van der Waals surface area contributed by atoms with E-state index in [2.05, 4.69) is 24.6 Å². The van der Waals surface area contributed by atoms with Crippen molar-refractivity contribution in [3.05, 3.63) is 42.9 Å². The third kappa shape index (κ3) is 2.04. The van der Waals surface area contributed by atoms with Gasteiger partial charge in [0.2, 0.25) is 0 Å². The second kappa shape index (κ2) is 4.48. The molecule has 0 atom stereocenters. The zero-order valence-electron chi connectivity index (χ0n) is 10.1. The first kappa shape index (κ1) is 10.8. The monoisotopic (exact) mass is 242 g/mol. The Labute approximate surface area is 104 Å². The number of imidazole rings is 2. The van der Waals surface area contributed by atoms with E-state index in [9.17, 15) is 0 Å². The van der Waals surface area contributed by atoms with E-state index in [1.165, 1.54) is 5.56 Å². The first-order valence-electron chi connectivity index (χ1n) is 5.80. The molecule has 3 aromatic rings. The lowest BCUT2D eigenvalue weighted by Gasteiger charge is -2.04. The van der Waals surface area contributed by atoms with Gasteiger partial charge in [-0.3, -0.25) is 4.68 Å². The van der Waals surface area contributed by atoms with E-state index in [1.54, 1.807) is 18.7 Å². The highest BCUT2D eigenvalue weighted by Crippen LogP contribution is 2.14. The van der Waals surface area contributed by atoms with Gasteiger partial charge in [-0.05, 0) is 12.0 Å². The van der Waals surface area contributed by atoms with Crippen LogP contribution in [0.25, 0.3) is 11.5 Å². The van der Waals surface area contributed by atoms with Crippen molar-refractivity contribution in [1.82, 2.24) is 29.3 Å². The van der Waals surface area contributed by atoms with E-state index in [1.807, 2.05) is 30.3 Å². The zero-order chi connectivity index (χ0) is 12.4. The lowest BCUT2D eigenvalue weighted by molar-refractivity contribution is 0.700. The highest BCUT2D eigenvalue weighted by Gasteiger charge is 2.07. The Morgan fingerprint density at radius 3 is 3.00 bits per heavy atom. The molecule has 92 valence electrons. The quantitative estimate of drug-likeness (QED) is 0.748.